The molecule has 0 bridgehead atoms. The number of carbonyl (C=O) groups is 3. The second kappa shape index (κ2) is 64.3. The Hall–Kier alpha value is -4.19. The Labute approximate surface area is 475 Å². The lowest BCUT2D eigenvalue weighted by Gasteiger charge is -2.18. The predicted octanol–water partition coefficient (Wildman–Crippen LogP) is 22.0. The number of allylic oxidation sites excluding steroid dienone is 19. The Kier molecular flexibility index (Phi) is 60.8. The molecular weight excluding hydrogens is 949 g/mol. The van der Waals surface area contributed by atoms with Crippen LogP contribution in [0.4, 0.5) is 0 Å². The van der Waals surface area contributed by atoms with Crippen molar-refractivity contribution in [3.05, 3.63) is 122 Å². The highest BCUT2D eigenvalue weighted by molar-refractivity contribution is 5.72. The maximum atomic E-state index is 12.9. The third-order valence-corrected chi connectivity index (χ3v) is 13.5. The molecule has 0 radical (unpaired) electrons. The minimum absolute atomic E-state index is 0.115. The molecule has 0 aromatic heterocycles. The maximum absolute atomic E-state index is 12.9. The highest BCUT2D eigenvalue weighted by atomic mass is 16.6. The first-order valence-corrected chi connectivity index (χ1v) is 32.0. The molecule has 0 aliphatic heterocycles. The molecule has 1 atom stereocenters. The van der Waals surface area contributed by atoms with E-state index in [2.05, 4.69) is 130 Å². The standard InChI is InChI=1S/C71H118O6/c1-4-7-10-13-16-19-22-25-28-30-32-33-34-35-36-37-39-40-43-46-49-52-55-58-61-64-70(73)76-67-68(66-75-69(72)63-60-57-54-51-48-45-42-27-24-21-18-15-12-9-6-3)77-71(74)65-62-59-56-53-50-47-44-41-38-31-29-26-23-20-17-14-11-8-5-2/h9,12,17-18,20-22,25-27,29-30,32,38,41-42,48,51,57,60,68H,4-8,10-11,13-16,19,23-24,28,31,33-37,39-40,43-47,49-50,52-56,58-59,61-67H2,1-3H3/b12-9-,20-17-,21-18-,25-22-,29-26-,32-30-,41-38-,42-27-,51-48-,60-57-. The van der Waals surface area contributed by atoms with E-state index in [0.717, 1.165) is 103 Å². The summed E-state index contributed by atoms with van der Waals surface area (Å²) in [7, 11) is 0. The molecule has 0 N–H and O–H groups in total. The summed E-state index contributed by atoms with van der Waals surface area (Å²) in [6, 6.07) is 0. The lowest BCUT2D eigenvalue weighted by Crippen LogP contribution is -2.30. The summed E-state index contributed by atoms with van der Waals surface area (Å²) in [5.74, 6) is -1.06. The molecule has 0 saturated carbocycles. The van der Waals surface area contributed by atoms with Crippen molar-refractivity contribution in [2.45, 2.75) is 297 Å². The maximum Gasteiger partial charge on any atom is 0.309 e. The zero-order valence-electron chi connectivity index (χ0n) is 50.2. The van der Waals surface area contributed by atoms with Crippen LogP contribution >= 0.6 is 0 Å². The van der Waals surface area contributed by atoms with Crippen molar-refractivity contribution in [1.29, 1.82) is 0 Å². The van der Waals surface area contributed by atoms with Gasteiger partial charge in [-0.2, -0.15) is 0 Å². The molecule has 0 spiro atoms. The van der Waals surface area contributed by atoms with E-state index in [9.17, 15) is 14.4 Å². The number of hydrogen-bond acceptors (Lipinski definition) is 6. The minimum atomic E-state index is -0.830. The van der Waals surface area contributed by atoms with E-state index in [1.54, 1.807) is 6.08 Å². The Bertz CT molecular complexity index is 1600. The fourth-order valence-electron chi connectivity index (χ4n) is 8.67. The van der Waals surface area contributed by atoms with Gasteiger partial charge in [-0.1, -0.05) is 277 Å². The molecule has 1 unspecified atom stereocenters. The molecule has 0 rings (SSSR count). The zero-order valence-corrected chi connectivity index (χ0v) is 50.2. The van der Waals surface area contributed by atoms with E-state index in [0.29, 0.717) is 12.8 Å². The molecule has 6 nitrogen and oxygen atoms in total. The largest absolute Gasteiger partial charge is 0.462 e. The zero-order chi connectivity index (χ0) is 55.7. The van der Waals surface area contributed by atoms with Gasteiger partial charge in [-0.05, 0) is 116 Å². The molecule has 0 saturated heterocycles. The Morgan fingerprint density at radius 1 is 0.286 bits per heavy atom. The quantitative estimate of drug-likeness (QED) is 0.0261. The van der Waals surface area contributed by atoms with Crippen LogP contribution in [-0.2, 0) is 28.6 Å². The van der Waals surface area contributed by atoms with Gasteiger partial charge in [0.25, 0.3) is 0 Å². The summed E-state index contributed by atoms with van der Waals surface area (Å²) in [5.41, 5.74) is 0. The van der Waals surface area contributed by atoms with Gasteiger partial charge in [-0.15, -0.1) is 0 Å². The number of unbranched alkanes of at least 4 members (excludes halogenated alkanes) is 27. The Morgan fingerprint density at radius 3 is 0.935 bits per heavy atom. The van der Waals surface area contributed by atoms with Crippen LogP contribution in [0.5, 0.6) is 0 Å². The van der Waals surface area contributed by atoms with Crippen molar-refractivity contribution in [3.8, 4) is 0 Å². The van der Waals surface area contributed by atoms with Crippen LogP contribution in [0.25, 0.3) is 0 Å². The van der Waals surface area contributed by atoms with Crippen molar-refractivity contribution in [3.63, 3.8) is 0 Å². The summed E-state index contributed by atoms with van der Waals surface area (Å²) in [6.45, 7) is 6.40. The molecule has 77 heavy (non-hydrogen) atoms. The van der Waals surface area contributed by atoms with Gasteiger partial charge < -0.3 is 14.2 Å². The van der Waals surface area contributed by atoms with Crippen LogP contribution in [0.15, 0.2) is 122 Å². The van der Waals surface area contributed by atoms with Gasteiger partial charge in [-0.3, -0.25) is 14.4 Å². The third-order valence-electron chi connectivity index (χ3n) is 13.5. The van der Waals surface area contributed by atoms with Crippen molar-refractivity contribution in [2.24, 2.45) is 0 Å². The van der Waals surface area contributed by atoms with Crippen LogP contribution in [-0.4, -0.2) is 37.2 Å². The number of esters is 3. The number of rotatable bonds is 57. The van der Waals surface area contributed by atoms with Gasteiger partial charge in [0.2, 0.25) is 0 Å². The number of hydrogen-bond donors (Lipinski definition) is 0. The molecule has 0 aliphatic carbocycles. The fourth-order valence-corrected chi connectivity index (χ4v) is 8.67. The summed E-state index contributed by atoms with van der Waals surface area (Å²) >= 11 is 0. The number of carbonyl (C=O) groups excluding carboxylic acids is 3. The normalized spacial score (nSPS) is 12.9. The van der Waals surface area contributed by atoms with Crippen molar-refractivity contribution in [1.82, 2.24) is 0 Å². The molecule has 0 heterocycles. The van der Waals surface area contributed by atoms with Crippen LogP contribution in [0.2, 0.25) is 0 Å². The second-order valence-corrected chi connectivity index (χ2v) is 20.9. The summed E-state index contributed by atoms with van der Waals surface area (Å²) < 4.78 is 16.8. The first kappa shape index (κ1) is 72.8. The highest BCUT2D eigenvalue weighted by Crippen LogP contribution is 2.15. The first-order chi connectivity index (χ1) is 38.0. The lowest BCUT2D eigenvalue weighted by molar-refractivity contribution is -0.166. The van der Waals surface area contributed by atoms with E-state index in [1.165, 1.54) is 148 Å². The molecule has 438 valence electrons. The van der Waals surface area contributed by atoms with E-state index >= 15 is 0 Å². The van der Waals surface area contributed by atoms with Crippen LogP contribution in [0, 0.1) is 0 Å². The average molecular weight is 1070 g/mol. The van der Waals surface area contributed by atoms with Gasteiger partial charge >= 0.3 is 17.9 Å². The van der Waals surface area contributed by atoms with Gasteiger partial charge in [0, 0.05) is 12.8 Å². The average Bonchev–Trinajstić information content (AvgIpc) is 3.43. The van der Waals surface area contributed by atoms with Gasteiger partial charge in [-0.25, -0.2) is 0 Å². The van der Waals surface area contributed by atoms with Crippen LogP contribution in [0.3, 0.4) is 0 Å². The first-order valence-electron chi connectivity index (χ1n) is 32.0. The Balaban J connectivity index is 4.43. The smallest absolute Gasteiger partial charge is 0.309 e. The van der Waals surface area contributed by atoms with Gasteiger partial charge in [0.15, 0.2) is 6.10 Å². The monoisotopic (exact) mass is 1070 g/mol. The topological polar surface area (TPSA) is 78.9 Å². The van der Waals surface area contributed by atoms with Crippen molar-refractivity contribution < 1.29 is 28.6 Å². The Morgan fingerprint density at radius 2 is 0.558 bits per heavy atom. The van der Waals surface area contributed by atoms with E-state index in [4.69, 9.17) is 14.2 Å². The highest BCUT2D eigenvalue weighted by Gasteiger charge is 2.19. The minimum Gasteiger partial charge on any atom is -0.462 e. The molecular formula is C71H118O6. The summed E-state index contributed by atoms with van der Waals surface area (Å²) in [6.07, 6.45) is 89.4. The van der Waals surface area contributed by atoms with Crippen LogP contribution < -0.4 is 0 Å². The second-order valence-electron chi connectivity index (χ2n) is 20.9. The molecule has 0 amide bonds. The van der Waals surface area contributed by atoms with Gasteiger partial charge in [0.05, 0.1) is 6.42 Å². The van der Waals surface area contributed by atoms with Crippen molar-refractivity contribution >= 4 is 17.9 Å². The molecule has 6 heteroatoms. The summed E-state index contributed by atoms with van der Waals surface area (Å²) in [5, 5.41) is 0. The van der Waals surface area contributed by atoms with Crippen molar-refractivity contribution in [2.75, 3.05) is 13.2 Å². The molecule has 0 fully saturated rings. The van der Waals surface area contributed by atoms with E-state index < -0.39 is 12.1 Å². The third kappa shape index (κ3) is 62.5. The SMILES string of the molecule is CC/C=C\C/C=C\C/C=C\C/C=C\C/C=C\CC(=O)OCC(COC(=O)CCCCCCCCCCCCCCC/C=C\C/C=C\CCCCCCC)OC(=O)CCCCCCCC/C=C\C/C=C\C/C=C\CCCCC. The summed E-state index contributed by atoms with van der Waals surface area (Å²) in [4.78, 5) is 38.2. The van der Waals surface area contributed by atoms with E-state index in [1.807, 2.05) is 6.08 Å². The van der Waals surface area contributed by atoms with Gasteiger partial charge in [0.1, 0.15) is 13.2 Å². The molecule has 0 aromatic carbocycles. The van der Waals surface area contributed by atoms with Crippen LogP contribution in [0.1, 0.15) is 290 Å². The van der Waals surface area contributed by atoms with E-state index in [-0.39, 0.29) is 31.6 Å². The molecule has 0 aromatic rings. The predicted molar refractivity (Wildman–Crippen MR) is 334 cm³/mol. The fraction of sp³-hybridized carbons (Fsp3) is 0.676. The number of ether oxygens (including phenoxy) is 3. The lowest BCUT2D eigenvalue weighted by atomic mass is 10.0. The molecule has 0 aliphatic rings.